The maximum absolute atomic E-state index is 10.6. The predicted molar refractivity (Wildman–Crippen MR) is 90.1 cm³/mol. The van der Waals surface area contributed by atoms with Gasteiger partial charge < -0.3 is 15.0 Å². The lowest BCUT2D eigenvalue weighted by Gasteiger charge is -2.24. The third-order valence-electron chi connectivity index (χ3n) is 3.46. The van der Waals surface area contributed by atoms with Crippen LogP contribution in [0.1, 0.15) is 18.9 Å². The van der Waals surface area contributed by atoms with Gasteiger partial charge in [0.15, 0.2) is 0 Å². The molecule has 1 saturated heterocycles. The monoisotopic (exact) mass is 476 g/mol. The molecule has 0 aromatic carbocycles. The quantitative estimate of drug-likeness (QED) is 0.488. The molecule has 2 aromatic heterocycles. The largest absolute Gasteiger partial charge is 0.490 e. The third-order valence-corrected chi connectivity index (χ3v) is 4.57. The highest BCUT2D eigenvalue weighted by Gasteiger charge is 2.38. The van der Waals surface area contributed by atoms with Crippen molar-refractivity contribution < 1.29 is 23.1 Å². The minimum absolute atomic E-state index is 0.522. The number of halogens is 5. The van der Waals surface area contributed by atoms with E-state index in [1.807, 2.05) is 0 Å². The highest BCUT2D eigenvalue weighted by atomic mass is 127. The maximum atomic E-state index is 10.6. The first-order valence-electron chi connectivity index (χ1n) is 6.89. The van der Waals surface area contributed by atoms with Crippen LogP contribution in [-0.2, 0) is 4.79 Å². The van der Waals surface area contributed by atoms with Crippen LogP contribution >= 0.6 is 34.2 Å². The fourth-order valence-electron chi connectivity index (χ4n) is 2.37. The molecule has 6 nitrogen and oxygen atoms in total. The Hall–Kier alpha value is -1.14. The number of rotatable bonds is 1. The van der Waals surface area contributed by atoms with E-state index in [9.17, 15) is 13.2 Å². The summed E-state index contributed by atoms with van der Waals surface area (Å²) in [7, 11) is 0. The molecular formula is C13H13ClF3IN4O2. The summed E-state index contributed by atoms with van der Waals surface area (Å²) in [6.07, 6.45) is 0.878. The lowest BCUT2D eigenvalue weighted by molar-refractivity contribution is -0.192. The summed E-state index contributed by atoms with van der Waals surface area (Å²) >= 11 is 8.43. The van der Waals surface area contributed by atoms with E-state index in [4.69, 9.17) is 21.5 Å². The number of aliphatic carboxylic acids is 1. The number of nitrogens with one attached hydrogen (secondary N) is 1. The molecule has 0 unspecified atom stereocenters. The molecule has 0 spiro atoms. The summed E-state index contributed by atoms with van der Waals surface area (Å²) < 4.78 is 35.1. The maximum Gasteiger partial charge on any atom is 0.490 e. The molecule has 0 aliphatic carbocycles. The second-order valence-electron chi connectivity index (χ2n) is 5.03. The van der Waals surface area contributed by atoms with Crippen LogP contribution in [0.25, 0.3) is 11.0 Å². The fraction of sp³-hybridized carbons (Fsp3) is 0.462. The van der Waals surface area contributed by atoms with Crippen molar-refractivity contribution in [2.45, 2.75) is 25.1 Å². The molecule has 2 aromatic rings. The van der Waals surface area contributed by atoms with Gasteiger partial charge >= 0.3 is 12.1 Å². The second kappa shape index (κ2) is 7.83. The molecular weight excluding hydrogens is 464 g/mol. The van der Waals surface area contributed by atoms with Gasteiger partial charge in [0, 0.05) is 15.8 Å². The Morgan fingerprint density at radius 1 is 1.38 bits per heavy atom. The molecule has 0 bridgehead atoms. The summed E-state index contributed by atoms with van der Waals surface area (Å²) in [6, 6.07) is 0.522. The molecule has 0 amide bonds. The summed E-state index contributed by atoms with van der Waals surface area (Å²) in [6.45, 7) is 2.14. The van der Waals surface area contributed by atoms with E-state index in [0.717, 1.165) is 40.5 Å². The number of carbonyl (C=O) groups is 1. The van der Waals surface area contributed by atoms with Crippen LogP contribution in [0, 0.1) is 3.57 Å². The molecule has 3 rings (SSSR count). The van der Waals surface area contributed by atoms with Crippen LogP contribution in [0.4, 0.5) is 13.2 Å². The molecule has 1 aliphatic heterocycles. The van der Waals surface area contributed by atoms with Crippen LogP contribution in [0.3, 0.4) is 0 Å². The Labute approximate surface area is 153 Å². The SMILES string of the molecule is Clc1ncnc2c1c(I)cn2C1CCNCC1.O=C(O)C(F)(F)F. The van der Waals surface area contributed by atoms with Gasteiger partial charge in [-0.25, -0.2) is 14.8 Å². The zero-order valence-electron chi connectivity index (χ0n) is 12.1. The normalized spacial score (nSPS) is 15.9. The zero-order valence-corrected chi connectivity index (χ0v) is 15.1. The van der Waals surface area contributed by atoms with Gasteiger partial charge in [-0.05, 0) is 48.5 Å². The number of nitrogens with zero attached hydrogens (tertiary/aromatic N) is 3. The van der Waals surface area contributed by atoms with E-state index in [-0.39, 0.29) is 0 Å². The number of aromatic nitrogens is 3. The average Bonchev–Trinajstić information content (AvgIpc) is 2.86. The highest BCUT2D eigenvalue weighted by Crippen LogP contribution is 2.31. The van der Waals surface area contributed by atoms with E-state index in [1.165, 1.54) is 0 Å². The Kier molecular flexibility index (Phi) is 6.26. The minimum atomic E-state index is -5.08. The van der Waals surface area contributed by atoms with E-state index in [1.54, 1.807) is 6.33 Å². The summed E-state index contributed by atoms with van der Waals surface area (Å²) in [5.41, 5.74) is 0.960. The number of alkyl halides is 3. The molecule has 0 saturated carbocycles. The molecule has 0 atom stereocenters. The number of piperidine rings is 1. The van der Waals surface area contributed by atoms with Gasteiger partial charge in [-0.15, -0.1) is 0 Å². The topological polar surface area (TPSA) is 80.0 Å². The van der Waals surface area contributed by atoms with Crippen molar-refractivity contribution >= 4 is 51.2 Å². The van der Waals surface area contributed by atoms with Crippen molar-refractivity contribution in [3.63, 3.8) is 0 Å². The Bertz CT molecular complexity index is 732. The van der Waals surface area contributed by atoms with Gasteiger partial charge in [0.2, 0.25) is 0 Å². The molecule has 24 heavy (non-hydrogen) atoms. The first-order valence-corrected chi connectivity index (χ1v) is 8.35. The number of carboxylic acids is 1. The van der Waals surface area contributed by atoms with E-state index >= 15 is 0 Å². The molecule has 1 fully saturated rings. The van der Waals surface area contributed by atoms with Crippen molar-refractivity contribution in [3.05, 3.63) is 21.2 Å². The third kappa shape index (κ3) is 4.48. The average molecular weight is 477 g/mol. The summed E-state index contributed by atoms with van der Waals surface area (Å²) in [5.74, 6) is -2.76. The highest BCUT2D eigenvalue weighted by molar-refractivity contribution is 14.1. The summed E-state index contributed by atoms with van der Waals surface area (Å²) in [4.78, 5) is 17.3. The number of hydrogen-bond acceptors (Lipinski definition) is 4. The standard InChI is InChI=1S/C11H12ClIN4.C2HF3O2/c12-10-9-8(13)5-17(11(9)16-6-15-10)7-1-3-14-4-2-7;3-2(4,5)1(6)7/h5-7,14H,1-4H2;(H,6,7). The molecule has 0 radical (unpaired) electrons. The second-order valence-corrected chi connectivity index (χ2v) is 6.55. The Balaban J connectivity index is 0.000000256. The number of hydrogen-bond donors (Lipinski definition) is 2. The minimum Gasteiger partial charge on any atom is -0.475 e. The predicted octanol–water partition coefficient (Wildman–Crippen LogP) is 3.25. The van der Waals surface area contributed by atoms with Gasteiger partial charge in [-0.3, -0.25) is 0 Å². The van der Waals surface area contributed by atoms with Gasteiger partial charge in [0.1, 0.15) is 17.1 Å². The van der Waals surface area contributed by atoms with E-state index in [0.29, 0.717) is 11.2 Å². The molecule has 132 valence electrons. The zero-order chi connectivity index (χ0) is 17.9. The van der Waals surface area contributed by atoms with E-state index < -0.39 is 12.1 Å². The molecule has 11 heteroatoms. The van der Waals surface area contributed by atoms with Crippen LogP contribution in [0.2, 0.25) is 5.15 Å². The first-order chi connectivity index (χ1) is 11.2. The van der Waals surface area contributed by atoms with Crippen molar-refractivity contribution in [1.29, 1.82) is 0 Å². The molecule has 3 heterocycles. The fourth-order valence-corrected chi connectivity index (χ4v) is 3.55. The van der Waals surface area contributed by atoms with Crippen molar-refractivity contribution in [2.24, 2.45) is 0 Å². The number of carboxylic acid groups (broad SMARTS) is 1. The van der Waals surface area contributed by atoms with Crippen LogP contribution in [-0.4, -0.2) is 44.9 Å². The van der Waals surface area contributed by atoms with Gasteiger partial charge in [0.25, 0.3) is 0 Å². The van der Waals surface area contributed by atoms with Crippen molar-refractivity contribution in [1.82, 2.24) is 19.9 Å². The van der Waals surface area contributed by atoms with Crippen LogP contribution in [0.15, 0.2) is 12.5 Å². The molecule has 1 aliphatic rings. The smallest absolute Gasteiger partial charge is 0.475 e. The Morgan fingerprint density at radius 3 is 2.50 bits per heavy atom. The Morgan fingerprint density at radius 2 is 1.96 bits per heavy atom. The lowest BCUT2D eigenvalue weighted by Crippen LogP contribution is -2.29. The van der Waals surface area contributed by atoms with Gasteiger partial charge in [-0.2, -0.15) is 13.2 Å². The first kappa shape index (κ1) is 19.2. The van der Waals surface area contributed by atoms with E-state index in [2.05, 4.69) is 48.6 Å². The lowest BCUT2D eigenvalue weighted by atomic mass is 10.1. The van der Waals surface area contributed by atoms with Crippen molar-refractivity contribution in [3.8, 4) is 0 Å². The van der Waals surface area contributed by atoms with Crippen LogP contribution in [0.5, 0.6) is 0 Å². The molecule has 2 N–H and O–H groups in total. The van der Waals surface area contributed by atoms with Crippen molar-refractivity contribution in [2.75, 3.05) is 13.1 Å². The summed E-state index contributed by atoms with van der Waals surface area (Å²) in [5, 5.41) is 12.0. The van der Waals surface area contributed by atoms with Gasteiger partial charge in [0.05, 0.1) is 5.39 Å². The van der Waals surface area contributed by atoms with Crippen LogP contribution < -0.4 is 5.32 Å². The number of fused-ring (bicyclic) bond motifs is 1. The van der Waals surface area contributed by atoms with Gasteiger partial charge in [-0.1, -0.05) is 11.6 Å².